The Morgan fingerprint density at radius 1 is 1.20 bits per heavy atom. The van der Waals surface area contributed by atoms with E-state index in [1.165, 1.54) is 18.1 Å². The van der Waals surface area contributed by atoms with Crippen LogP contribution in [0.25, 0.3) is 0 Å². The highest BCUT2D eigenvalue weighted by molar-refractivity contribution is 6.31. The standard InChI is InChI=1S/C21H20Cl2N2O5/c1-12-3-5-15(9-16(12)23)25-10-13(7-20(25)27)21(28)30-11-19(26)24-17-8-14(22)4-6-18(17)29-2/h3-6,8-9,13H,7,10-11H2,1-2H3,(H,24,26)/t13-/m1/s1. The molecule has 2 aromatic carbocycles. The van der Waals surface area contributed by atoms with E-state index in [2.05, 4.69) is 5.32 Å². The van der Waals surface area contributed by atoms with Gasteiger partial charge in [0.2, 0.25) is 5.91 Å². The molecule has 0 aliphatic carbocycles. The Labute approximate surface area is 183 Å². The molecule has 0 unspecified atom stereocenters. The number of benzene rings is 2. The normalized spacial score (nSPS) is 15.8. The molecule has 30 heavy (non-hydrogen) atoms. The van der Waals surface area contributed by atoms with Crippen molar-refractivity contribution in [3.63, 3.8) is 0 Å². The number of hydrogen-bond donors (Lipinski definition) is 1. The van der Waals surface area contributed by atoms with Crippen molar-refractivity contribution in [2.45, 2.75) is 13.3 Å². The first-order valence-electron chi connectivity index (χ1n) is 9.15. The monoisotopic (exact) mass is 450 g/mol. The maximum atomic E-state index is 12.4. The molecular weight excluding hydrogens is 431 g/mol. The summed E-state index contributed by atoms with van der Waals surface area (Å²) in [5.74, 6) is -1.60. The summed E-state index contributed by atoms with van der Waals surface area (Å²) < 4.78 is 10.3. The van der Waals surface area contributed by atoms with Crippen LogP contribution in [0.5, 0.6) is 5.75 Å². The highest BCUT2D eigenvalue weighted by Gasteiger charge is 2.36. The van der Waals surface area contributed by atoms with Crippen LogP contribution in [0.2, 0.25) is 10.0 Å². The molecule has 1 atom stereocenters. The van der Waals surface area contributed by atoms with Crippen molar-refractivity contribution in [2.75, 3.05) is 30.5 Å². The maximum absolute atomic E-state index is 12.4. The minimum absolute atomic E-state index is 0.00800. The summed E-state index contributed by atoms with van der Waals surface area (Å²) in [5.41, 5.74) is 1.88. The van der Waals surface area contributed by atoms with Gasteiger partial charge in [0.15, 0.2) is 6.61 Å². The molecule has 0 bridgehead atoms. The van der Waals surface area contributed by atoms with E-state index in [1.54, 1.807) is 24.3 Å². The predicted molar refractivity (Wildman–Crippen MR) is 114 cm³/mol. The van der Waals surface area contributed by atoms with Crippen molar-refractivity contribution in [1.29, 1.82) is 0 Å². The number of nitrogens with zero attached hydrogens (tertiary/aromatic N) is 1. The van der Waals surface area contributed by atoms with Gasteiger partial charge in [-0.05, 0) is 42.8 Å². The van der Waals surface area contributed by atoms with Crippen LogP contribution in [0.15, 0.2) is 36.4 Å². The van der Waals surface area contributed by atoms with Crippen LogP contribution in [0.1, 0.15) is 12.0 Å². The van der Waals surface area contributed by atoms with Crippen molar-refractivity contribution < 1.29 is 23.9 Å². The third-order valence-electron chi connectivity index (χ3n) is 4.71. The molecule has 2 aromatic rings. The number of ether oxygens (including phenoxy) is 2. The zero-order valence-electron chi connectivity index (χ0n) is 16.4. The minimum atomic E-state index is -0.661. The molecule has 0 saturated carbocycles. The first kappa shape index (κ1) is 21.9. The number of rotatable bonds is 6. The van der Waals surface area contributed by atoms with Crippen LogP contribution in [0.4, 0.5) is 11.4 Å². The largest absolute Gasteiger partial charge is 0.495 e. The molecular formula is C21H20Cl2N2O5. The van der Waals surface area contributed by atoms with E-state index in [9.17, 15) is 14.4 Å². The molecule has 0 aromatic heterocycles. The Balaban J connectivity index is 1.56. The second-order valence-electron chi connectivity index (χ2n) is 6.84. The molecule has 3 rings (SSSR count). The highest BCUT2D eigenvalue weighted by atomic mass is 35.5. The molecule has 1 fully saturated rings. The Morgan fingerprint density at radius 3 is 2.67 bits per heavy atom. The number of amides is 2. The number of hydrogen-bond acceptors (Lipinski definition) is 5. The van der Waals surface area contributed by atoms with Gasteiger partial charge in [-0.1, -0.05) is 29.3 Å². The van der Waals surface area contributed by atoms with E-state index in [1.807, 2.05) is 13.0 Å². The average molecular weight is 451 g/mol. The van der Waals surface area contributed by atoms with Crippen molar-refractivity contribution in [3.8, 4) is 5.75 Å². The second-order valence-corrected chi connectivity index (χ2v) is 7.68. The second kappa shape index (κ2) is 9.36. The Bertz CT molecular complexity index is 995. The number of carbonyl (C=O) groups excluding carboxylic acids is 3. The molecule has 7 nitrogen and oxygen atoms in total. The fourth-order valence-corrected chi connectivity index (χ4v) is 3.43. The Hall–Kier alpha value is -2.77. The van der Waals surface area contributed by atoms with Crippen LogP contribution >= 0.6 is 23.2 Å². The lowest BCUT2D eigenvalue weighted by atomic mass is 10.1. The lowest BCUT2D eigenvalue weighted by molar-refractivity contribution is -0.151. The van der Waals surface area contributed by atoms with Gasteiger partial charge in [0.05, 0.1) is 18.7 Å². The number of carbonyl (C=O) groups is 3. The first-order chi connectivity index (χ1) is 14.3. The molecule has 1 N–H and O–H groups in total. The summed E-state index contributed by atoms with van der Waals surface area (Å²) in [6, 6.07) is 10.0. The van der Waals surface area contributed by atoms with Gasteiger partial charge in [-0.2, -0.15) is 0 Å². The van der Waals surface area contributed by atoms with Gasteiger partial charge in [-0.25, -0.2) is 0 Å². The van der Waals surface area contributed by atoms with E-state index in [0.29, 0.717) is 27.2 Å². The molecule has 1 aliphatic rings. The molecule has 0 spiro atoms. The van der Waals surface area contributed by atoms with Gasteiger partial charge < -0.3 is 19.7 Å². The lowest BCUT2D eigenvalue weighted by Crippen LogP contribution is -2.28. The highest BCUT2D eigenvalue weighted by Crippen LogP contribution is 2.30. The van der Waals surface area contributed by atoms with Gasteiger partial charge in [-0.3, -0.25) is 14.4 Å². The molecule has 1 heterocycles. The number of anilines is 2. The number of methoxy groups -OCH3 is 1. The molecule has 1 aliphatic heterocycles. The predicted octanol–water partition coefficient (Wildman–Crippen LogP) is 3.85. The van der Waals surface area contributed by atoms with Gasteiger partial charge >= 0.3 is 5.97 Å². The van der Waals surface area contributed by atoms with Gasteiger partial charge in [0, 0.05) is 28.7 Å². The number of halogens is 2. The third-order valence-corrected chi connectivity index (χ3v) is 5.35. The van der Waals surface area contributed by atoms with E-state index < -0.39 is 24.4 Å². The Kier molecular flexibility index (Phi) is 6.84. The quantitative estimate of drug-likeness (QED) is 0.675. The molecule has 0 radical (unpaired) electrons. The maximum Gasteiger partial charge on any atom is 0.311 e. The Morgan fingerprint density at radius 2 is 1.97 bits per heavy atom. The topological polar surface area (TPSA) is 84.9 Å². The van der Waals surface area contributed by atoms with E-state index >= 15 is 0 Å². The van der Waals surface area contributed by atoms with E-state index in [4.69, 9.17) is 32.7 Å². The third kappa shape index (κ3) is 5.04. The number of esters is 1. The van der Waals surface area contributed by atoms with Gasteiger partial charge in [0.25, 0.3) is 5.91 Å². The lowest BCUT2D eigenvalue weighted by Gasteiger charge is -2.17. The van der Waals surface area contributed by atoms with Gasteiger partial charge in [-0.15, -0.1) is 0 Å². The van der Waals surface area contributed by atoms with Crippen LogP contribution in [-0.2, 0) is 19.1 Å². The van der Waals surface area contributed by atoms with Crippen LogP contribution in [0, 0.1) is 12.8 Å². The summed E-state index contributed by atoms with van der Waals surface area (Å²) in [6.07, 6.45) is 0.00800. The van der Waals surface area contributed by atoms with Crippen molar-refractivity contribution in [3.05, 3.63) is 52.0 Å². The van der Waals surface area contributed by atoms with Crippen molar-refractivity contribution in [2.24, 2.45) is 5.92 Å². The summed E-state index contributed by atoms with van der Waals surface area (Å²) in [5, 5.41) is 3.55. The zero-order chi connectivity index (χ0) is 21.8. The molecule has 9 heteroatoms. The molecule has 2 amide bonds. The van der Waals surface area contributed by atoms with E-state index in [0.717, 1.165) is 5.56 Å². The number of aryl methyl sites for hydroxylation is 1. The SMILES string of the molecule is COc1ccc(Cl)cc1NC(=O)COC(=O)[C@@H]1CC(=O)N(c2ccc(C)c(Cl)c2)C1. The average Bonchev–Trinajstić information content (AvgIpc) is 3.10. The van der Waals surface area contributed by atoms with Crippen molar-refractivity contribution >= 4 is 52.4 Å². The van der Waals surface area contributed by atoms with E-state index in [-0.39, 0.29) is 18.9 Å². The summed E-state index contributed by atoms with van der Waals surface area (Å²) in [4.78, 5) is 38.4. The first-order valence-corrected chi connectivity index (χ1v) is 9.90. The molecule has 1 saturated heterocycles. The zero-order valence-corrected chi connectivity index (χ0v) is 17.9. The fourth-order valence-electron chi connectivity index (χ4n) is 3.08. The van der Waals surface area contributed by atoms with Crippen LogP contribution in [-0.4, -0.2) is 38.0 Å². The summed E-state index contributed by atoms with van der Waals surface area (Å²) in [7, 11) is 1.46. The number of nitrogens with one attached hydrogen (secondary N) is 1. The van der Waals surface area contributed by atoms with Crippen LogP contribution in [0.3, 0.4) is 0 Å². The summed E-state index contributed by atoms with van der Waals surface area (Å²) in [6.45, 7) is 1.54. The minimum Gasteiger partial charge on any atom is -0.495 e. The molecule has 158 valence electrons. The van der Waals surface area contributed by atoms with Crippen LogP contribution < -0.4 is 15.0 Å². The fraction of sp³-hybridized carbons (Fsp3) is 0.286. The van der Waals surface area contributed by atoms with Gasteiger partial charge in [0.1, 0.15) is 5.75 Å². The smallest absolute Gasteiger partial charge is 0.311 e. The van der Waals surface area contributed by atoms with Crippen molar-refractivity contribution in [1.82, 2.24) is 0 Å². The summed E-state index contributed by atoms with van der Waals surface area (Å²) >= 11 is 12.1.